The quantitative estimate of drug-likeness (QED) is 0.832. The van der Waals surface area contributed by atoms with Gasteiger partial charge in [0.05, 0.1) is 10.6 Å². The summed E-state index contributed by atoms with van der Waals surface area (Å²) in [6.45, 7) is 1.32. The zero-order chi connectivity index (χ0) is 18.3. The van der Waals surface area contributed by atoms with E-state index in [0.717, 1.165) is 19.3 Å². The number of piperazine rings is 1. The van der Waals surface area contributed by atoms with Crippen LogP contribution in [0.3, 0.4) is 0 Å². The summed E-state index contributed by atoms with van der Waals surface area (Å²) in [7, 11) is -3.69. The fraction of sp³-hybridized carbons (Fsp3) is 0.529. The molecule has 1 N–H and O–H groups in total. The molecular formula is C17H21N3O5S. The minimum absolute atomic E-state index is 0.0733. The SMILES string of the molecule is O=C1COc2ccc(S(=O)(=O)N3CCN(C(=O)C4CCC4)CC3)cc2N1. The molecule has 2 amide bonds. The predicted molar refractivity (Wildman–Crippen MR) is 93.2 cm³/mol. The van der Waals surface area contributed by atoms with Crippen molar-refractivity contribution in [3.8, 4) is 5.75 Å². The van der Waals surface area contributed by atoms with Gasteiger partial charge in [-0.3, -0.25) is 9.59 Å². The molecule has 140 valence electrons. The Kier molecular flexibility index (Phi) is 4.36. The van der Waals surface area contributed by atoms with Crippen LogP contribution in [0.1, 0.15) is 19.3 Å². The fourth-order valence-electron chi connectivity index (χ4n) is 3.43. The first-order valence-electron chi connectivity index (χ1n) is 8.81. The molecule has 0 unspecified atom stereocenters. The van der Waals surface area contributed by atoms with E-state index in [1.807, 2.05) is 0 Å². The minimum Gasteiger partial charge on any atom is -0.482 e. The van der Waals surface area contributed by atoms with Crippen LogP contribution in [-0.4, -0.2) is 62.2 Å². The molecule has 1 saturated heterocycles. The molecule has 1 saturated carbocycles. The molecule has 0 radical (unpaired) electrons. The van der Waals surface area contributed by atoms with Gasteiger partial charge in [0, 0.05) is 32.1 Å². The van der Waals surface area contributed by atoms with Gasteiger partial charge < -0.3 is 15.0 Å². The predicted octanol–water partition coefficient (Wildman–Crippen LogP) is 0.650. The molecule has 1 aromatic rings. The van der Waals surface area contributed by atoms with Crippen LogP contribution in [0.5, 0.6) is 5.75 Å². The van der Waals surface area contributed by atoms with Crippen LogP contribution in [-0.2, 0) is 19.6 Å². The number of nitrogens with one attached hydrogen (secondary N) is 1. The maximum absolute atomic E-state index is 12.9. The molecule has 3 aliphatic rings. The Morgan fingerprint density at radius 3 is 2.54 bits per heavy atom. The number of benzene rings is 1. The average molecular weight is 379 g/mol. The third-order valence-corrected chi connectivity index (χ3v) is 7.12. The average Bonchev–Trinajstić information content (AvgIpc) is 2.59. The summed E-state index contributed by atoms with van der Waals surface area (Å²) in [6, 6.07) is 4.46. The number of rotatable bonds is 3. The first-order valence-corrected chi connectivity index (χ1v) is 10.2. The number of carbonyl (C=O) groups is 2. The van der Waals surface area contributed by atoms with Crippen molar-refractivity contribution in [1.29, 1.82) is 0 Å². The van der Waals surface area contributed by atoms with Crippen molar-refractivity contribution < 1.29 is 22.7 Å². The molecular weight excluding hydrogens is 358 g/mol. The van der Waals surface area contributed by atoms with Crippen LogP contribution in [0.2, 0.25) is 0 Å². The monoisotopic (exact) mass is 379 g/mol. The molecule has 4 rings (SSSR count). The molecule has 0 bridgehead atoms. The summed E-state index contributed by atoms with van der Waals surface area (Å²) in [5, 5.41) is 2.62. The molecule has 0 aromatic heterocycles. The molecule has 2 aliphatic heterocycles. The molecule has 2 heterocycles. The molecule has 1 aliphatic carbocycles. The van der Waals surface area contributed by atoms with Crippen molar-refractivity contribution in [2.75, 3.05) is 38.1 Å². The Bertz CT molecular complexity index is 842. The Labute approximate surface area is 152 Å². The van der Waals surface area contributed by atoms with E-state index in [-0.39, 0.29) is 42.3 Å². The molecule has 26 heavy (non-hydrogen) atoms. The second-order valence-corrected chi connectivity index (χ2v) is 8.79. The van der Waals surface area contributed by atoms with Crippen LogP contribution in [0, 0.1) is 5.92 Å². The van der Waals surface area contributed by atoms with E-state index in [4.69, 9.17) is 4.74 Å². The van der Waals surface area contributed by atoms with E-state index < -0.39 is 10.0 Å². The van der Waals surface area contributed by atoms with Crippen molar-refractivity contribution in [1.82, 2.24) is 9.21 Å². The Morgan fingerprint density at radius 1 is 1.15 bits per heavy atom. The van der Waals surface area contributed by atoms with E-state index in [9.17, 15) is 18.0 Å². The zero-order valence-electron chi connectivity index (χ0n) is 14.3. The van der Waals surface area contributed by atoms with Crippen molar-refractivity contribution in [2.24, 2.45) is 5.92 Å². The first kappa shape index (κ1) is 17.3. The van der Waals surface area contributed by atoms with Crippen molar-refractivity contribution >= 4 is 27.5 Å². The number of hydrogen-bond donors (Lipinski definition) is 1. The summed E-state index contributed by atoms with van der Waals surface area (Å²) in [4.78, 5) is 25.6. The van der Waals surface area contributed by atoms with Gasteiger partial charge in [0.2, 0.25) is 15.9 Å². The zero-order valence-corrected chi connectivity index (χ0v) is 15.1. The molecule has 0 atom stereocenters. The third kappa shape index (κ3) is 3.05. The van der Waals surface area contributed by atoms with E-state index in [2.05, 4.69) is 5.32 Å². The van der Waals surface area contributed by atoms with Crippen LogP contribution in [0.25, 0.3) is 0 Å². The number of amides is 2. The molecule has 8 nitrogen and oxygen atoms in total. The minimum atomic E-state index is -3.69. The Balaban J connectivity index is 1.47. The number of carbonyl (C=O) groups excluding carboxylic acids is 2. The summed E-state index contributed by atoms with van der Waals surface area (Å²) >= 11 is 0. The number of sulfonamides is 1. The van der Waals surface area contributed by atoms with E-state index in [0.29, 0.717) is 24.5 Å². The summed E-state index contributed by atoms with van der Waals surface area (Å²) in [6.07, 6.45) is 2.99. The fourth-order valence-corrected chi connectivity index (χ4v) is 4.88. The maximum Gasteiger partial charge on any atom is 0.262 e. The standard InChI is InChI=1S/C17H21N3O5S/c21-16-11-25-15-5-4-13(10-14(15)18-16)26(23,24)20-8-6-19(7-9-20)17(22)12-2-1-3-12/h4-5,10,12H,1-3,6-9,11H2,(H,18,21). The van der Waals surface area contributed by atoms with Gasteiger partial charge in [-0.25, -0.2) is 8.42 Å². The highest BCUT2D eigenvalue weighted by molar-refractivity contribution is 7.89. The topological polar surface area (TPSA) is 96.0 Å². The van der Waals surface area contributed by atoms with E-state index in [1.165, 1.54) is 16.4 Å². The molecule has 1 aromatic carbocycles. The summed E-state index contributed by atoms with van der Waals surface area (Å²) in [5.41, 5.74) is 0.362. The van der Waals surface area contributed by atoms with Gasteiger partial charge in [-0.05, 0) is 31.0 Å². The van der Waals surface area contributed by atoms with Crippen LogP contribution in [0.15, 0.2) is 23.1 Å². The van der Waals surface area contributed by atoms with Gasteiger partial charge in [-0.1, -0.05) is 6.42 Å². The number of anilines is 1. The second-order valence-electron chi connectivity index (χ2n) is 6.85. The number of hydrogen-bond acceptors (Lipinski definition) is 5. The van der Waals surface area contributed by atoms with E-state index in [1.54, 1.807) is 11.0 Å². The van der Waals surface area contributed by atoms with Crippen LogP contribution in [0.4, 0.5) is 5.69 Å². The lowest BCUT2D eigenvalue weighted by molar-refractivity contribution is -0.139. The second kappa shape index (κ2) is 6.55. The largest absolute Gasteiger partial charge is 0.482 e. The van der Waals surface area contributed by atoms with Gasteiger partial charge in [-0.15, -0.1) is 0 Å². The third-order valence-electron chi connectivity index (χ3n) is 5.23. The number of ether oxygens (including phenoxy) is 1. The molecule has 2 fully saturated rings. The highest BCUT2D eigenvalue weighted by atomic mass is 32.2. The highest BCUT2D eigenvalue weighted by Gasteiger charge is 2.34. The lowest BCUT2D eigenvalue weighted by Crippen LogP contribution is -2.52. The van der Waals surface area contributed by atoms with Gasteiger partial charge in [0.15, 0.2) is 6.61 Å². The smallest absolute Gasteiger partial charge is 0.262 e. The lowest BCUT2D eigenvalue weighted by atomic mass is 9.84. The van der Waals surface area contributed by atoms with Gasteiger partial charge in [0.1, 0.15) is 5.75 Å². The number of nitrogens with zero attached hydrogens (tertiary/aromatic N) is 2. The Hall–Kier alpha value is -2.13. The van der Waals surface area contributed by atoms with Gasteiger partial charge in [-0.2, -0.15) is 4.31 Å². The van der Waals surface area contributed by atoms with E-state index >= 15 is 0 Å². The van der Waals surface area contributed by atoms with Crippen LogP contribution < -0.4 is 10.1 Å². The highest BCUT2D eigenvalue weighted by Crippen LogP contribution is 2.32. The van der Waals surface area contributed by atoms with Crippen molar-refractivity contribution in [2.45, 2.75) is 24.2 Å². The first-order chi connectivity index (χ1) is 12.4. The normalized spacial score (nSPS) is 21.4. The van der Waals surface area contributed by atoms with Gasteiger partial charge >= 0.3 is 0 Å². The van der Waals surface area contributed by atoms with Crippen molar-refractivity contribution in [3.63, 3.8) is 0 Å². The molecule has 0 spiro atoms. The van der Waals surface area contributed by atoms with Crippen LogP contribution >= 0.6 is 0 Å². The summed E-state index contributed by atoms with van der Waals surface area (Å²) < 4.78 is 32.5. The Morgan fingerprint density at radius 2 is 1.88 bits per heavy atom. The van der Waals surface area contributed by atoms with Gasteiger partial charge in [0.25, 0.3) is 5.91 Å². The number of fused-ring (bicyclic) bond motifs is 1. The lowest BCUT2D eigenvalue weighted by Gasteiger charge is -2.37. The summed E-state index contributed by atoms with van der Waals surface area (Å²) in [5.74, 6) is 0.430. The molecule has 9 heteroatoms. The maximum atomic E-state index is 12.9. The van der Waals surface area contributed by atoms with Crippen molar-refractivity contribution in [3.05, 3.63) is 18.2 Å².